The summed E-state index contributed by atoms with van der Waals surface area (Å²) in [5.41, 5.74) is 1.21. The van der Waals surface area contributed by atoms with Crippen LogP contribution in [0.2, 0.25) is 0 Å². The lowest BCUT2D eigenvalue weighted by molar-refractivity contribution is -0.143. The number of benzene rings is 1. The monoisotopic (exact) mass is 303 g/mol. The fourth-order valence-electron chi connectivity index (χ4n) is 2.42. The van der Waals surface area contributed by atoms with E-state index >= 15 is 0 Å². The summed E-state index contributed by atoms with van der Waals surface area (Å²) < 4.78 is 0. The molecule has 0 radical (unpaired) electrons. The van der Waals surface area contributed by atoms with Crippen molar-refractivity contribution in [1.29, 1.82) is 0 Å². The van der Waals surface area contributed by atoms with Crippen LogP contribution in [0.15, 0.2) is 30.3 Å². The topological polar surface area (TPSA) is 94.9 Å². The van der Waals surface area contributed by atoms with Crippen LogP contribution < -0.4 is 0 Å². The number of carbonyl (C=O) groups excluding carboxylic acids is 1. The molecule has 1 aromatic rings. The van der Waals surface area contributed by atoms with E-state index in [-0.39, 0.29) is 11.8 Å². The average molecular weight is 303 g/mol. The van der Waals surface area contributed by atoms with Gasteiger partial charge in [-0.15, -0.1) is 0 Å². The summed E-state index contributed by atoms with van der Waals surface area (Å²) in [5.74, 6) is -2.33. The van der Waals surface area contributed by atoms with Gasteiger partial charge in [-0.25, -0.2) is 4.79 Å². The van der Waals surface area contributed by atoms with Gasteiger partial charge in [0.25, 0.3) is 5.91 Å². The maximum absolute atomic E-state index is 12.3. The second-order valence-corrected chi connectivity index (χ2v) is 5.20. The van der Waals surface area contributed by atoms with Crippen molar-refractivity contribution in [3.05, 3.63) is 41.5 Å². The van der Waals surface area contributed by atoms with Crippen LogP contribution in [0.3, 0.4) is 0 Å². The largest absolute Gasteiger partial charge is 0.481 e. The highest BCUT2D eigenvalue weighted by molar-refractivity contribution is 5.94. The Bertz CT molecular complexity index is 597. The van der Waals surface area contributed by atoms with E-state index in [0.717, 1.165) is 6.08 Å². The molecule has 6 heteroatoms. The first kappa shape index (κ1) is 15.8. The Balaban J connectivity index is 1.98. The molecular formula is C16H17NO5. The predicted molar refractivity (Wildman–Crippen MR) is 79.4 cm³/mol. The minimum Gasteiger partial charge on any atom is -0.481 e. The maximum Gasteiger partial charge on any atom is 0.328 e. The second-order valence-electron chi connectivity index (χ2n) is 5.20. The number of likely N-dealkylation sites (tertiary alicyclic amines) is 1. The Labute approximate surface area is 127 Å². The molecule has 1 heterocycles. The van der Waals surface area contributed by atoms with Crippen molar-refractivity contribution in [2.45, 2.75) is 12.8 Å². The molecule has 1 aromatic carbocycles. The smallest absolute Gasteiger partial charge is 0.328 e. The van der Waals surface area contributed by atoms with Crippen LogP contribution in [0.5, 0.6) is 0 Å². The van der Waals surface area contributed by atoms with E-state index in [1.807, 2.05) is 0 Å². The normalized spacial score (nSPS) is 15.9. The quantitative estimate of drug-likeness (QED) is 0.826. The highest BCUT2D eigenvalue weighted by Gasteiger charge is 2.27. The molecule has 1 aliphatic heterocycles. The summed E-state index contributed by atoms with van der Waals surface area (Å²) in [7, 11) is 0. The first-order valence-corrected chi connectivity index (χ1v) is 7.00. The van der Waals surface area contributed by atoms with E-state index in [1.165, 1.54) is 6.08 Å². The van der Waals surface area contributed by atoms with Gasteiger partial charge in [-0.05, 0) is 36.6 Å². The molecule has 2 rings (SSSR count). The molecule has 0 saturated carbocycles. The lowest BCUT2D eigenvalue weighted by Crippen LogP contribution is -2.40. The highest BCUT2D eigenvalue weighted by atomic mass is 16.4. The molecule has 2 N–H and O–H groups in total. The number of nitrogens with zero attached hydrogens (tertiary/aromatic N) is 1. The van der Waals surface area contributed by atoms with Crippen LogP contribution in [0.4, 0.5) is 0 Å². The van der Waals surface area contributed by atoms with Crippen molar-refractivity contribution in [1.82, 2.24) is 4.90 Å². The van der Waals surface area contributed by atoms with Crippen LogP contribution in [0.25, 0.3) is 6.08 Å². The first-order valence-electron chi connectivity index (χ1n) is 7.00. The van der Waals surface area contributed by atoms with Gasteiger partial charge < -0.3 is 15.1 Å². The maximum atomic E-state index is 12.3. The second kappa shape index (κ2) is 6.89. The summed E-state index contributed by atoms with van der Waals surface area (Å²) in [4.78, 5) is 35.3. The Morgan fingerprint density at radius 1 is 1.05 bits per heavy atom. The number of piperidine rings is 1. The van der Waals surface area contributed by atoms with Gasteiger partial charge in [0.2, 0.25) is 0 Å². The molecule has 116 valence electrons. The predicted octanol–water partition coefficient (Wildman–Crippen LogP) is 1.72. The molecule has 1 aliphatic rings. The zero-order valence-corrected chi connectivity index (χ0v) is 11.9. The van der Waals surface area contributed by atoms with Gasteiger partial charge in [-0.3, -0.25) is 9.59 Å². The van der Waals surface area contributed by atoms with Gasteiger partial charge in [0, 0.05) is 24.7 Å². The molecule has 0 spiro atoms. The number of carboxylic acid groups (broad SMARTS) is 2. The SMILES string of the molecule is O=C(O)C=Cc1ccc(C(=O)N2CCC(C(=O)O)CC2)cc1. The molecule has 1 saturated heterocycles. The van der Waals surface area contributed by atoms with Crippen molar-refractivity contribution in [2.24, 2.45) is 5.92 Å². The third-order valence-electron chi connectivity index (χ3n) is 3.71. The van der Waals surface area contributed by atoms with E-state index in [1.54, 1.807) is 29.2 Å². The van der Waals surface area contributed by atoms with Crippen LogP contribution >= 0.6 is 0 Å². The van der Waals surface area contributed by atoms with Crippen LogP contribution in [-0.4, -0.2) is 46.0 Å². The van der Waals surface area contributed by atoms with Crippen molar-refractivity contribution >= 4 is 23.9 Å². The summed E-state index contributed by atoms with van der Waals surface area (Å²) in [5, 5.41) is 17.5. The Morgan fingerprint density at radius 2 is 1.64 bits per heavy atom. The van der Waals surface area contributed by atoms with Gasteiger partial charge >= 0.3 is 11.9 Å². The summed E-state index contributed by atoms with van der Waals surface area (Å²) in [6, 6.07) is 6.65. The minimum atomic E-state index is -1.03. The third kappa shape index (κ3) is 3.94. The molecule has 1 amide bonds. The zero-order chi connectivity index (χ0) is 16.1. The number of rotatable bonds is 4. The van der Waals surface area contributed by atoms with Gasteiger partial charge in [0.1, 0.15) is 0 Å². The van der Waals surface area contributed by atoms with Gasteiger partial charge in [-0.1, -0.05) is 12.1 Å². The van der Waals surface area contributed by atoms with Crippen molar-refractivity contribution in [2.75, 3.05) is 13.1 Å². The van der Waals surface area contributed by atoms with E-state index in [2.05, 4.69) is 0 Å². The molecule has 0 unspecified atom stereocenters. The van der Waals surface area contributed by atoms with Crippen LogP contribution in [-0.2, 0) is 9.59 Å². The van der Waals surface area contributed by atoms with E-state index in [0.29, 0.717) is 37.1 Å². The van der Waals surface area contributed by atoms with Gasteiger partial charge in [0.15, 0.2) is 0 Å². The van der Waals surface area contributed by atoms with Gasteiger partial charge in [0.05, 0.1) is 5.92 Å². The molecule has 0 aromatic heterocycles. The molecule has 0 bridgehead atoms. The lowest BCUT2D eigenvalue weighted by atomic mass is 9.96. The number of carboxylic acids is 2. The molecular weight excluding hydrogens is 286 g/mol. The lowest BCUT2D eigenvalue weighted by Gasteiger charge is -2.30. The summed E-state index contributed by atoms with van der Waals surface area (Å²) >= 11 is 0. The fraction of sp³-hybridized carbons (Fsp3) is 0.312. The molecule has 22 heavy (non-hydrogen) atoms. The van der Waals surface area contributed by atoms with E-state index in [9.17, 15) is 14.4 Å². The van der Waals surface area contributed by atoms with Gasteiger partial charge in [-0.2, -0.15) is 0 Å². The number of aliphatic carboxylic acids is 2. The third-order valence-corrected chi connectivity index (χ3v) is 3.71. The van der Waals surface area contributed by atoms with E-state index in [4.69, 9.17) is 10.2 Å². The highest BCUT2D eigenvalue weighted by Crippen LogP contribution is 2.19. The first-order chi connectivity index (χ1) is 10.5. The number of amides is 1. The van der Waals surface area contributed by atoms with Crippen LogP contribution in [0.1, 0.15) is 28.8 Å². The molecule has 6 nitrogen and oxygen atoms in total. The van der Waals surface area contributed by atoms with Crippen molar-refractivity contribution in [3.63, 3.8) is 0 Å². The van der Waals surface area contributed by atoms with Crippen molar-refractivity contribution in [3.8, 4) is 0 Å². The van der Waals surface area contributed by atoms with Crippen molar-refractivity contribution < 1.29 is 24.6 Å². The Kier molecular flexibility index (Phi) is 4.93. The van der Waals surface area contributed by atoms with Crippen LogP contribution in [0, 0.1) is 5.92 Å². The Morgan fingerprint density at radius 3 is 2.14 bits per heavy atom. The van der Waals surface area contributed by atoms with E-state index < -0.39 is 11.9 Å². The fourth-order valence-corrected chi connectivity index (χ4v) is 2.42. The zero-order valence-electron chi connectivity index (χ0n) is 11.9. The molecule has 0 atom stereocenters. The molecule has 1 fully saturated rings. The standard InChI is InChI=1S/C16H17NO5/c18-14(19)6-3-11-1-4-12(5-2-11)15(20)17-9-7-13(8-10-17)16(21)22/h1-6,13H,7-10H2,(H,18,19)(H,21,22). The average Bonchev–Trinajstić information content (AvgIpc) is 2.53. The molecule has 0 aliphatic carbocycles. The minimum absolute atomic E-state index is 0.127. The number of hydrogen-bond donors (Lipinski definition) is 2. The Hall–Kier alpha value is -2.63. The number of carbonyl (C=O) groups is 3. The summed E-state index contributed by atoms with van der Waals surface area (Å²) in [6.07, 6.45) is 3.43. The summed E-state index contributed by atoms with van der Waals surface area (Å²) in [6.45, 7) is 0.882. The number of hydrogen-bond acceptors (Lipinski definition) is 3.